The van der Waals surface area contributed by atoms with Gasteiger partial charge in [-0.15, -0.1) is 18.3 Å². The molecule has 3 rings (SSSR count). The molecular weight excluding hydrogens is 398 g/mol. The van der Waals surface area contributed by atoms with E-state index in [0.29, 0.717) is 25.1 Å². The third-order valence-electron chi connectivity index (χ3n) is 9.06. The molecule has 0 aliphatic heterocycles. The van der Waals surface area contributed by atoms with Gasteiger partial charge >= 0.3 is 5.97 Å². The van der Waals surface area contributed by atoms with Crippen LogP contribution in [0.25, 0.3) is 0 Å². The molecular formula is C24H39NO4S. The van der Waals surface area contributed by atoms with Crippen molar-refractivity contribution in [1.29, 1.82) is 0 Å². The molecule has 0 aromatic rings. The average molecular weight is 438 g/mol. The van der Waals surface area contributed by atoms with Crippen LogP contribution in [0, 0.1) is 34.0 Å². The van der Waals surface area contributed by atoms with Crippen molar-refractivity contribution < 1.29 is 19.4 Å². The highest BCUT2D eigenvalue weighted by Gasteiger charge is 2.68. The largest absolute Gasteiger partial charge is 0.461 e. The Morgan fingerprint density at radius 2 is 2.07 bits per heavy atom. The van der Waals surface area contributed by atoms with E-state index in [9.17, 15) is 14.7 Å². The minimum Gasteiger partial charge on any atom is -0.461 e. The summed E-state index contributed by atoms with van der Waals surface area (Å²) >= 11 is 1.47. The number of carbonyl (C=O) groups is 2. The fraction of sp³-hybridized carbons (Fsp3) is 0.833. The van der Waals surface area contributed by atoms with Crippen molar-refractivity contribution in [2.24, 2.45) is 39.7 Å². The van der Waals surface area contributed by atoms with Gasteiger partial charge in [0.05, 0.1) is 11.9 Å². The molecule has 8 atom stereocenters. The summed E-state index contributed by atoms with van der Waals surface area (Å²) in [6.07, 6.45) is 4.55. The number of nitrogens with two attached hydrogens (primary N) is 1. The summed E-state index contributed by atoms with van der Waals surface area (Å²) < 4.78 is 6.15. The highest BCUT2D eigenvalue weighted by atomic mass is 32.2. The second kappa shape index (κ2) is 8.59. The lowest BCUT2D eigenvalue weighted by Gasteiger charge is -2.61. The molecule has 0 spiro atoms. The topological polar surface area (TPSA) is 89.6 Å². The van der Waals surface area contributed by atoms with Crippen LogP contribution in [0.2, 0.25) is 0 Å². The summed E-state index contributed by atoms with van der Waals surface area (Å²) in [5, 5.41) is 11.5. The Morgan fingerprint density at radius 3 is 2.70 bits per heavy atom. The maximum Gasteiger partial charge on any atom is 0.316 e. The standard InChI is InChI=1S/C24H39NO4S/c1-6-22(4)13-18(29-19(27)14-30-12-11-25)23(5)15(2)7-9-24(16(3)21(22)28)10-8-17(26)20(23)24/h6,15-16,18,20-21,28H,1,7-14,25H2,2-5H3/t15?,16-,18+,20-,21-,22+,23-,24-/m0/s1. The molecule has 0 aromatic heterocycles. The van der Waals surface area contributed by atoms with Crippen molar-refractivity contribution in [2.45, 2.75) is 72.0 Å². The number of Topliss-reactive ketones (excluding diaryl/α,β-unsaturated/α-hetero) is 1. The Balaban J connectivity index is 2.06. The molecule has 0 amide bonds. The number of carbonyl (C=O) groups excluding carboxylic acids is 2. The van der Waals surface area contributed by atoms with E-state index in [4.69, 9.17) is 10.5 Å². The van der Waals surface area contributed by atoms with Gasteiger partial charge < -0.3 is 15.6 Å². The Labute approximate surface area is 185 Å². The molecule has 3 aliphatic rings. The number of thioether (sulfide) groups is 1. The Morgan fingerprint density at radius 1 is 1.37 bits per heavy atom. The van der Waals surface area contributed by atoms with Crippen LogP contribution >= 0.6 is 11.8 Å². The van der Waals surface area contributed by atoms with E-state index in [1.807, 2.05) is 13.0 Å². The molecule has 6 heteroatoms. The lowest BCUT2D eigenvalue weighted by Crippen LogP contribution is -2.63. The second-order valence-electron chi connectivity index (χ2n) is 10.4. The Bertz CT molecular complexity index is 699. The van der Waals surface area contributed by atoms with E-state index in [0.717, 1.165) is 19.3 Å². The molecule has 3 fully saturated rings. The van der Waals surface area contributed by atoms with Gasteiger partial charge in [-0.25, -0.2) is 0 Å². The molecule has 1 unspecified atom stereocenters. The van der Waals surface area contributed by atoms with Crippen molar-refractivity contribution in [3.8, 4) is 0 Å². The smallest absolute Gasteiger partial charge is 0.316 e. The SMILES string of the molecule is C=C[C@]1(C)C[C@@H](OC(=O)CSCCN)[C@]2(C)C(C)CC[C@]3(CCC(=O)[C@H]32)[C@@H](C)[C@@H]1O. The molecule has 3 aliphatic carbocycles. The van der Waals surface area contributed by atoms with Crippen LogP contribution in [0.15, 0.2) is 12.7 Å². The quantitative estimate of drug-likeness (QED) is 0.375. The highest BCUT2D eigenvalue weighted by molar-refractivity contribution is 7.99. The molecule has 0 radical (unpaired) electrons. The fourth-order valence-electron chi connectivity index (χ4n) is 6.93. The Hall–Kier alpha value is -0.850. The van der Waals surface area contributed by atoms with Crippen molar-refractivity contribution in [2.75, 3.05) is 18.1 Å². The van der Waals surface area contributed by atoms with Crippen LogP contribution in [0.4, 0.5) is 0 Å². The van der Waals surface area contributed by atoms with Crippen molar-refractivity contribution in [3.05, 3.63) is 12.7 Å². The van der Waals surface area contributed by atoms with E-state index in [1.54, 1.807) is 0 Å². The molecule has 170 valence electrons. The zero-order valence-electron chi connectivity index (χ0n) is 19.0. The molecule has 30 heavy (non-hydrogen) atoms. The van der Waals surface area contributed by atoms with Crippen LogP contribution in [0.5, 0.6) is 0 Å². The first-order valence-electron chi connectivity index (χ1n) is 11.4. The van der Waals surface area contributed by atoms with E-state index < -0.39 is 23.0 Å². The number of aliphatic hydroxyl groups excluding tert-OH is 1. The van der Waals surface area contributed by atoms with E-state index in [2.05, 4.69) is 27.4 Å². The summed E-state index contributed by atoms with van der Waals surface area (Å²) in [6.45, 7) is 13.1. The molecule has 0 heterocycles. The maximum absolute atomic E-state index is 13.3. The van der Waals surface area contributed by atoms with Gasteiger partial charge in [-0.2, -0.15) is 0 Å². The van der Waals surface area contributed by atoms with Crippen LogP contribution in [-0.2, 0) is 14.3 Å². The number of hydrogen-bond donors (Lipinski definition) is 2. The number of hydrogen-bond acceptors (Lipinski definition) is 6. The number of ether oxygens (including phenoxy) is 1. The lowest BCUT2D eigenvalue weighted by molar-refractivity contribution is -0.205. The maximum atomic E-state index is 13.3. The molecule has 0 aromatic carbocycles. The number of rotatable bonds is 6. The van der Waals surface area contributed by atoms with Gasteiger partial charge in [0.15, 0.2) is 0 Å². The van der Waals surface area contributed by atoms with Crippen LogP contribution in [0.1, 0.15) is 59.8 Å². The highest BCUT2D eigenvalue weighted by Crippen LogP contribution is 2.67. The fourth-order valence-corrected chi connectivity index (χ4v) is 7.48. The summed E-state index contributed by atoms with van der Waals surface area (Å²) in [5.41, 5.74) is 4.28. The van der Waals surface area contributed by atoms with E-state index in [-0.39, 0.29) is 40.7 Å². The molecule has 2 bridgehead atoms. The van der Waals surface area contributed by atoms with Gasteiger partial charge in [-0.1, -0.05) is 33.8 Å². The third kappa shape index (κ3) is 3.57. The predicted octanol–water partition coefficient (Wildman–Crippen LogP) is 3.58. The average Bonchev–Trinajstić information content (AvgIpc) is 3.07. The summed E-state index contributed by atoms with van der Waals surface area (Å²) in [4.78, 5) is 26.1. The summed E-state index contributed by atoms with van der Waals surface area (Å²) in [7, 11) is 0. The van der Waals surface area contributed by atoms with Crippen LogP contribution in [0.3, 0.4) is 0 Å². The number of ketones is 1. The van der Waals surface area contributed by atoms with Crippen LogP contribution < -0.4 is 5.73 Å². The number of esters is 1. The predicted molar refractivity (Wildman–Crippen MR) is 121 cm³/mol. The molecule has 3 N–H and O–H groups in total. The number of aliphatic hydroxyl groups is 1. The van der Waals surface area contributed by atoms with Crippen molar-refractivity contribution >= 4 is 23.5 Å². The zero-order valence-corrected chi connectivity index (χ0v) is 19.8. The minimum absolute atomic E-state index is 0.0134. The summed E-state index contributed by atoms with van der Waals surface area (Å²) in [6, 6.07) is 0. The lowest BCUT2D eigenvalue weighted by atomic mass is 9.44. The van der Waals surface area contributed by atoms with Gasteiger partial charge in [-0.05, 0) is 42.9 Å². The van der Waals surface area contributed by atoms with E-state index in [1.165, 1.54) is 11.8 Å². The van der Waals surface area contributed by atoms with E-state index >= 15 is 0 Å². The minimum atomic E-state index is -0.630. The third-order valence-corrected chi connectivity index (χ3v) is 10.0. The first-order valence-corrected chi connectivity index (χ1v) is 12.5. The molecule has 0 saturated heterocycles. The summed E-state index contributed by atoms with van der Waals surface area (Å²) in [5.74, 6) is 1.04. The zero-order chi connectivity index (χ0) is 22.3. The van der Waals surface area contributed by atoms with Gasteiger partial charge in [-0.3, -0.25) is 9.59 Å². The van der Waals surface area contributed by atoms with Gasteiger partial charge in [0.25, 0.3) is 0 Å². The second-order valence-corrected chi connectivity index (χ2v) is 11.5. The monoisotopic (exact) mass is 437 g/mol. The van der Waals surface area contributed by atoms with Crippen molar-refractivity contribution in [3.63, 3.8) is 0 Å². The van der Waals surface area contributed by atoms with Crippen LogP contribution in [-0.4, -0.2) is 47.1 Å². The molecule has 5 nitrogen and oxygen atoms in total. The first kappa shape index (κ1) is 23.8. The van der Waals surface area contributed by atoms with Gasteiger partial charge in [0.1, 0.15) is 11.9 Å². The van der Waals surface area contributed by atoms with Crippen molar-refractivity contribution in [1.82, 2.24) is 0 Å². The normalized spacial score (nSPS) is 45.9. The van der Waals surface area contributed by atoms with Gasteiger partial charge in [0, 0.05) is 35.5 Å². The first-order chi connectivity index (χ1) is 14.1. The molecule has 3 saturated carbocycles. The van der Waals surface area contributed by atoms with Gasteiger partial charge in [0.2, 0.25) is 0 Å². The Kier molecular flexibility index (Phi) is 6.82.